The smallest absolute Gasteiger partial charge is 0.0740 e. The van der Waals surface area contributed by atoms with Gasteiger partial charge in [0.05, 0.1) is 6.10 Å². The molecule has 0 aliphatic rings. The molecule has 0 amide bonds. The SMILES string of the molecule is C#CCC(O)C(C)(C)c1ccccc1. The van der Waals surface area contributed by atoms with Gasteiger partial charge in [-0.25, -0.2) is 0 Å². The maximum absolute atomic E-state index is 9.89. The van der Waals surface area contributed by atoms with Crippen molar-refractivity contribution in [1.82, 2.24) is 0 Å². The fourth-order valence-corrected chi connectivity index (χ4v) is 1.43. The maximum Gasteiger partial charge on any atom is 0.0740 e. The highest BCUT2D eigenvalue weighted by Crippen LogP contribution is 2.28. The quantitative estimate of drug-likeness (QED) is 0.722. The van der Waals surface area contributed by atoms with Crippen LogP contribution in [0.1, 0.15) is 25.8 Å². The van der Waals surface area contributed by atoms with E-state index in [1.165, 1.54) is 0 Å². The molecule has 74 valence electrons. The predicted molar refractivity (Wildman–Crippen MR) is 58.9 cm³/mol. The Hall–Kier alpha value is -1.26. The van der Waals surface area contributed by atoms with Crippen molar-refractivity contribution in [2.45, 2.75) is 31.8 Å². The molecule has 1 heteroatoms. The molecule has 0 spiro atoms. The van der Waals surface area contributed by atoms with E-state index in [4.69, 9.17) is 6.42 Å². The average Bonchev–Trinajstić information content (AvgIpc) is 2.19. The van der Waals surface area contributed by atoms with E-state index in [-0.39, 0.29) is 5.41 Å². The first-order chi connectivity index (χ1) is 6.59. The van der Waals surface area contributed by atoms with Gasteiger partial charge in [0.2, 0.25) is 0 Å². The molecule has 1 aromatic rings. The van der Waals surface area contributed by atoms with E-state index in [2.05, 4.69) is 5.92 Å². The molecule has 1 atom stereocenters. The molecule has 0 aromatic heterocycles. The van der Waals surface area contributed by atoms with Crippen molar-refractivity contribution in [3.8, 4) is 12.3 Å². The zero-order valence-electron chi connectivity index (χ0n) is 8.70. The van der Waals surface area contributed by atoms with Gasteiger partial charge >= 0.3 is 0 Å². The first-order valence-corrected chi connectivity index (χ1v) is 4.76. The van der Waals surface area contributed by atoms with Crippen molar-refractivity contribution < 1.29 is 5.11 Å². The Bertz CT molecular complexity index is 319. The summed E-state index contributed by atoms with van der Waals surface area (Å²) in [5, 5.41) is 9.89. The highest BCUT2D eigenvalue weighted by Gasteiger charge is 2.28. The average molecular weight is 188 g/mol. The lowest BCUT2D eigenvalue weighted by molar-refractivity contribution is 0.105. The molecular formula is C13H16O. The summed E-state index contributed by atoms with van der Waals surface area (Å²) in [7, 11) is 0. The van der Waals surface area contributed by atoms with E-state index in [1.807, 2.05) is 44.2 Å². The maximum atomic E-state index is 9.89. The van der Waals surface area contributed by atoms with Gasteiger partial charge in [0.25, 0.3) is 0 Å². The van der Waals surface area contributed by atoms with Gasteiger partial charge in [0, 0.05) is 11.8 Å². The molecule has 0 aliphatic heterocycles. The van der Waals surface area contributed by atoms with Crippen molar-refractivity contribution in [2.24, 2.45) is 0 Å². The molecule has 0 saturated heterocycles. The fourth-order valence-electron chi connectivity index (χ4n) is 1.43. The van der Waals surface area contributed by atoms with Gasteiger partial charge < -0.3 is 5.11 Å². The molecule has 1 nitrogen and oxygen atoms in total. The Morgan fingerprint density at radius 1 is 1.36 bits per heavy atom. The van der Waals surface area contributed by atoms with Crippen LogP contribution in [-0.4, -0.2) is 11.2 Å². The number of aliphatic hydroxyl groups is 1. The Morgan fingerprint density at radius 3 is 2.43 bits per heavy atom. The van der Waals surface area contributed by atoms with Crippen molar-refractivity contribution >= 4 is 0 Å². The molecule has 0 aliphatic carbocycles. The summed E-state index contributed by atoms with van der Waals surface area (Å²) in [6.07, 6.45) is 5.09. The number of hydrogen-bond donors (Lipinski definition) is 1. The van der Waals surface area contributed by atoms with Crippen LogP contribution in [0.5, 0.6) is 0 Å². The van der Waals surface area contributed by atoms with Crippen LogP contribution in [0.4, 0.5) is 0 Å². The summed E-state index contributed by atoms with van der Waals surface area (Å²) >= 11 is 0. The highest BCUT2D eigenvalue weighted by atomic mass is 16.3. The van der Waals surface area contributed by atoms with E-state index in [9.17, 15) is 5.11 Å². The third-order valence-electron chi connectivity index (χ3n) is 2.66. The second-order valence-electron chi connectivity index (χ2n) is 4.01. The zero-order valence-corrected chi connectivity index (χ0v) is 8.70. The molecule has 0 bridgehead atoms. The van der Waals surface area contributed by atoms with E-state index in [0.717, 1.165) is 5.56 Å². The summed E-state index contributed by atoms with van der Waals surface area (Å²) in [5.74, 6) is 2.49. The van der Waals surface area contributed by atoms with Crippen molar-refractivity contribution in [2.75, 3.05) is 0 Å². The Kier molecular flexibility index (Phi) is 3.33. The second kappa shape index (κ2) is 4.30. The lowest BCUT2D eigenvalue weighted by Gasteiger charge is -2.30. The number of hydrogen-bond acceptors (Lipinski definition) is 1. The summed E-state index contributed by atoms with van der Waals surface area (Å²) < 4.78 is 0. The van der Waals surface area contributed by atoms with Crippen molar-refractivity contribution in [3.63, 3.8) is 0 Å². The number of rotatable bonds is 3. The molecule has 1 rings (SSSR count). The summed E-state index contributed by atoms with van der Waals surface area (Å²) in [4.78, 5) is 0. The van der Waals surface area contributed by atoms with Gasteiger partial charge in [-0.1, -0.05) is 44.2 Å². The molecule has 1 aromatic carbocycles. The van der Waals surface area contributed by atoms with E-state index >= 15 is 0 Å². The second-order valence-corrected chi connectivity index (χ2v) is 4.01. The van der Waals surface area contributed by atoms with Gasteiger partial charge in [-0.3, -0.25) is 0 Å². The van der Waals surface area contributed by atoms with Crippen LogP contribution in [-0.2, 0) is 5.41 Å². The van der Waals surface area contributed by atoms with Crippen LogP contribution in [0.3, 0.4) is 0 Å². The normalized spacial score (nSPS) is 13.3. The van der Waals surface area contributed by atoms with Gasteiger partial charge in [0.1, 0.15) is 0 Å². The van der Waals surface area contributed by atoms with Crippen LogP contribution in [0, 0.1) is 12.3 Å². The number of terminal acetylenes is 1. The lowest BCUT2D eigenvalue weighted by atomic mass is 9.78. The van der Waals surface area contributed by atoms with Crippen LogP contribution in [0.25, 0.3) is 0 Å². The van der Waals surface area contributed by atoms with E-state index in [0.29, 0.717) is 6.42 Å². The van der Waals surface area contributed by atoms with Crippen LogP contribution < -0.4 is 0 Å². The Morgan fingerprint density at radius 2 is 1.93 bits per heavy atom. The van der Waals surface area contributed by atoms with Crippen molar-refractivity contribution in [1.29, 1.82) is 0 Å². The van der Waals surface area contributed by atoms with Gasteiger partial charge in [0.15, 0.2) is 0 Å². The van der Waals surface area contributed by atoms with Crippen LogP contribution in [0.2, 0.25) is 0 Å². The summed E-state index contributed by atoms with van der Waals surface area (Å²) in [6.45, 7) is 4.01. The summed E-state index contributed by atoms with van der Waals surface area (Å²) in [5.41, 5.74) is 0.830. The number of aliphatic hydroxyl groups excluding tert-OH is 1. The minimum absolute atomic E-state index is 0.284. The largest absolute Gasteiger partial charge is 0.391 e. The van der Waals surface area contributed by atoms with E-state index < -0.39 is 6.10 Å². The van der Waals surface area contributed by atoms with Crippen molar-refractivity contribution in [3.05, 3.63) is 35.9 Å². The third-order valence-corrected chi connectivity index (χ3v) is 2.66. The molecule has 1 N–H and O–H groups in total. The lowest BCUT2D eigenvalue weighted by Crippen LogP contribution is -2.33. The summed E-state index contributed by atoms with van der Waals surface area (Å²) in [6, 6.07) is 9.94. The third kappa shape index (κ3) is 2.16. The van der Waals surface area contributed by atoms with Gasteiger partial charge in [-0.2, -0.15) is 0 Å². The molecular weight excluding hydrogens is 172 g/mol. The van der Waals surface area contributed by atoms with Gasteiger partial charge in [-0.15, -0.1) is 12.3 Å². The van der Waals surface area contributed by atoms with Crippen LogP contribution >= 0.6 is 0 Å². The molecule has 0 fully saturated rings. The first kappa shape index (κ1) is 10.8. The molecule has 0 saturated carbocycles. The number of benzene rings is 1. The topological polar surface area (TPSA) is 20.2 Å². The van der Waals surface area contributed by atoms with E-state index in [1.54, 1.807) is 0 Å². The Balaban J connectivity index is 2.91. The fraction of sp³-hybridized carbons (Fsp3) is 0.385. The minimum atomic E-state index is -0.491. The minimum Gasteiger partial charge on any atom is -0.391 e. The first-order valence-electron chi connectivity index (χ1n) is 4.76. The molecule has 1 unspecified atom stereocenters. The van der Waals surface area contributed by atoms with Gasteiger partial charge in [-0.05, 0) is 5.56 Å². The highest BCUT2D eigenvalue weighted by molar-refractivity contribution is 5.25. The van der Waals surface area contributed by atoms with Crippen LogP contribution in [0.15, 0.2) is 30.3 Å². The standard InChI is InChI=1S/C13H16O/c1-4-8-12(14)13(2,3)11-9-6-5-7-10-11/h1,5-7,9-10,12,14H,8H2,2-3H3. The molecule has 0 radical (unpaired) electrons. The zero-order chi connectivity index (χ0) is 10.6. The molecule has 0 heterocycles. The predicted octanol–water partition coefficient (Wildman–Crippen LogP) is 2.35. The molecule has 14 heavy (non-hydrogen) atoms. The Labute approximate surface area is 85.8 Å². The monoisotopic (exact) mass is 188 g/mol.